The van der Waals surface area contributed by atoms with Gasteiger partial charge in [0.05, 0.1) is 20.9 Å². The first-order valence-corrected chi connectivity index (χ1v) is 12.4. The lowest BCUT2D eigenvalue weighted by atomic mass is 10.00. The fraction of sp³-hybridized carbons (Fsp3) is 0.0588. The Kier molecular flexibility index (Phi) is 6.63. The molecule has 0 nitrogen and oxygen atoms in total. The summed E-state index contributed by atoms with van der Waals surface area (Å²) in [5, 5.41) is 0. The number of rotatable bonds is 2. The molecule has 0 radical (unpaired) electrons. The van der Waals surface area contributed by atoms with Crippen LogP contribution in [0.3, 0.4) is 0 Å². The number of hydrogen-bond donors (Lipinski definition) is 0. The molecule has 0 amide bonds. The van der Waals surface area contributed by atoms with Crippen molar-refractivity contribution in [2.75, 3.05) is 0 Å². The van der Waals surface area contributed by atoms with E-state index >= 15 is 0 Å². The molecule has 0 fully saturated rings. The molecule has 0 aliphatic heterocycles. The predicted molar refractivity (Wildman–Crippen MR) is 150 cm³/mol. The molecule has 4 aromatic carbocycles. The van der Waals surface area contributed by atoms with Gasteiger partial charge in [0.2, 0.25) is 0 Å². The lowest BCUT2D eigenvalue weighted by molar-refractivity contribution is 1.47. The first-order chi connectivity index (χ1) is 17.2. The molecule has 0 aliphatic carbocycles. The first-order valence-electron chi connectivity index (χ1n) is 11.6. The summed E-state index contributed by atoms with van der Waals surface area (Å²) in [4.78, 5) is 2.31. The summed E-state index contributed by atoms with van der Waals surface area (Å²) in [7, 11) is 0. The zero-order valence-electron chi connectivity index (χ0n) is 19.8. The Balaban J connectivity index is 1.76. The van der Waals surface area contributed by atoms with Gasteiger partial charge < -0.3 is 0 Å². The quantitative estimate of drug-likeness (QED) is 0.230. The summed E-state index contributed by atoms with van der Waals surface area (Å²) in [5.41, 5.74) is 8.77. The zero-order chi connectivity index (χ0) is 24.0. The van der Waals surface area contributed by atoms with E-state index in [0.717, 1.165) is 32.0 Å². The molecule has 35 heavy (non-hydrogen) atoms. The van der Waals surface area contributed by atoms with Gasteiger partial charge >= 0.3 is 0 Å². The summed E-state index contributed by atoms with van der Waals surface area (Å²) in [6.07, 6.45) is 0. The second-order valence-electron chi connectivity index (χ2n) is 8.47. The average Bonchev–Trinajstić information content (AvgIpc) is 3.26. The van der Waals surface area contributed by atoms with Crippen LogP contribution in [0.5, 0.6) is 0 Å². The smallest absolute Gasteiger partial charge is 0.0598 e. The van der Waals surface area contributed by atoms with Crippen molar-refractivity contribution in [1.82, 2.24) is 0 Å². The van der Waals surface area contributed by atoms with Gasteiger partial charge in [-0.15, -0.1) is 11.3 Å². The third kappa shape index (κ3) is 5.28. The lowest BCUT2D eigenvalue weighted by Crippen LogP contribution is -1.86. The molecular formula is C34H24S. The van der Waals surface area contributed by atoms with Crippen LogP contribution in [-0.2, 0) is 0 Å². The molecule has 166 valence electrons. The molecule has 0 N–H and O–H groups in total. The van der Waals surface area contributed by atoms with E-state index in [1.165, 1.54) is 22.3 Å². The second kappa shape index (κ2) is 10.3. The Hall–Kier alpha value is -4.30. The van der Waals surface area contributed by atoms with E-state index in [1.54, 1.807) is 11.3 Å². The molecule has 1 heteroatoms. The maximum absolute atomic E-state index is 3.51. The van der Waals surface area contributed by atoms with Gasteiger partial charge in [-0.1, -0.05) is 120 Å². The molecule has 0 aliphatic rings. The highest BCUT2D eigenvalue weighted by Gasteiger charge is 2.18. The van der Waals surface area contributed by atoms with E-state index in [9.17, 15) is 0 Å². The Morgan fingerprint density at radius 1 is 0.429 bits per heavy atom. The van der Waals surface area contributed by atoms with Gasteiger partial charge in [-0.05, 0) is 49.2 Å². The average molecular weight is 465 g/mol. The number of benzene rings is 4. The Morgan fingerprint density at radius 2 is 0.800 bits per heavy atom. The van der Waals surface area contributed by atoms with Crippen LogP contribution in [0.4, 0.5) is 0 Å². The minimum absolute atomic E-state index is 0.988. The highest BCUT2D eigenvalue weighted by atomic mass is 32.1. The van der Waals surface area contributed by atoms with Crippen molar-refractivity contribution in [3.05, 3.63) is 143 Å². The molecule has 0 spiro atoms. The first kappa shape index (κ1) is 22.5. The highest BCUT2D eigenvalue weighted by molar-refractivity contribution is 7.19. The SMILES string of the molecule is Cc1ccc(-c2sc(-c3ccc(C)cc3)c(C#Cc3ccccc3)c2C#Cc2ccccc2)cc1. The monoisotopic (exact) mass is 464 g/mol. The van der Waals surface area contributed by atoms with E-state index in [4.69, 9.17) is 0 Å². The standard InChI is InChI=1S/C34H24S/c1-25-13-19-29(20-14-25)33-31(23-17-27-9-5-3-6-10-27)32(24-18-28-11-7-4-8-12-28)34(35-33)30-21-15-26(2)16-22-30/h3-16,19-22H,1-2H3. The lowest BCUT2D eigenvalue weighted by Gasteiger charge is -2.01. The second-order valence-corrected chi connectivity index (χ2v) is 9.50. The minimum Gasteiger partial charge on any atom is -0.132 e. The normalized spacial score (nSPS) is 10.1. The van der Waals surface area contributed by atoms with Crippen LogP contribution in [-0.4, -0.2) is 0 Å². The summed E-state index contributed by atoms with van der Waals surface area (Å²) in [6, 6.07) is 37.6. The van der Waals surface area contributed by atoms with Crippen LogP contribution >= 0.6 is 11.3 Å². The fourth-order valence-electron chi connectivity index (χ4n) is 3.80. The Morgan fingerprint density at radius 3 is 1.17 bits per heavy atom. The fourth-order valence-corrected chi connectivity index (χ4v) is 5.02. The van der Waals surface area contributed by atoms with Crippen molar-refractivity contribution in [3.63, 3.8) is 0 Å². The van der Waals surface area contributed by atoms with Gasteiger partial charge in [-0.2, -0.15) is 0 Å². The third-order valence-electron chi connectivity index (χ3n) is 5.75. The summed E-state index contributed by atoms with van der Waals surface area (Å²) < 4.78 is 0. The van der Waals surface area contributed by atoms with Crippen molar-refractivity contribution >= 4 is 11.3 Å². The molecule has 1 aromatic heterocycles. The summed E-state index contributed by atoms with van der Waals surface area (Å²) in [6.45, 7) is 4.23. The van der Waals surface area contributed by atoms with Gasteiger partial charge in [0.1, 0.15) is 0 Å². The van der Waals surface area contributed by atoms with Gasteiger partial charge in [0, 0.05) is 11.1 Å². The molecule has 0 saturated carbocycles. The van der Waals surface area contributed by atoms with Crippen LogP contribution in [0.15, 0.2) is 109 Å². The van der Waals surface area contributed by atoms with E-state index < -0.39 is 0 Å². The van der Waals surface area contributed by atoms with Gasteiger partial charge in [-0.25, -0.2) is 0 Å². The van der Waals surface area contributed by atoms with E-state index in [2.05, 4.69) is 86.1 Å². The largest absolute Gasteiger partial charge is 0.132 e. The van der Waals surface area contributed by atoms with Crippen LogP contribution in [0.1, 0.15) is 33.4 Å². The van der Waals surface area contributed by atoms with E-state index in [0.29, 0.717) is 0 Å². The molecule has 0 saturated heterocycles. The van der Waals surface area contributed by atoms with Crippen molar-refractivity contribution in [1.29, 1.82) is 0 Å². The number of aryl methyl sites for hydroxylation is 2. The van der Waals surface area contributed by atoms with E-state index in [-0.39, 0.29) is 0 Å². The third-order valence-corrected chi connectivity index (χ3v) is 7.03. The maximum Gasteiger partial charge on any atom is 0.0598 e. The molecule has 0 bridgehead atoms. The van der Waals surface area contributed by atoms with Gasteiger partial charge in [0.15, 0.2) is 0 Å². The maximum atomic E-state index is 3.51. The summed E-state index contributed by atoms with van der Waals surface area (Å²) in [5.74, 6) is 13.8. The molecule has 5 aromatic rings. The van der Waals surface area contributed by atoms with Crippen molar-refractivity contribution < 1.29 is 0 Å². The Bertz CT molecular complexity index is 1440. The number of hydrogen-bond acceptors (Lipinski definition) is 1. The van der Waals surface area contributed by atoms with Crippen LogP contribution in [0.25, 0.3) is 20.9 Å². The van der Waals surface area contributed by atoms with Crippen LogP contribution in [0, 0.1) is 37.5 Å². The van der Waals surface area contributed by atoms with E-state index in [1.807, 2.05) is 60.7 Å². The molecule has 0 unspecified atom stereocenters. The molecule has 1 heterocycles. The van der Waals surface area contributed by atoms with Gasteiger partial charge in [-0.3, -0.25) is 0 Å². The van der Waals surface area contributed by atoms with Crippen molar-refractivity contribution in [2.24, 2.45) is 0 Å². The van der Waals surface area contributed by atoms with Crippen molar-refractivity contribution in [3.8, 4) is 44.6 Å². The van der Waals surface area contributed by atoms with Crippen LogP contribution < -0.4 is 0 Å². The predicted octanol–water partition coefficient (Wildman–Crippen LogP) is 8.50. The topological polar surface area (TPSA) is 0 Å². The minimum atomic E-state index is 0.988. The van der Waals surface area contributed by atoms with Crippen molar-refractivity contribution in [2.45, 2.75) is 13.8 Å². The number of thiophene rings is 1. The molecule has 5 rings (SSSR count). The Labute approximate surface area is 211 Å². The van der Waals surface area contributed by atoms with Crippen LogP contribution in [0.2, 0.25) is 0 Å². The highest BCUT2D eigenvalue weighted by Crippen LogP contribution is 2.42. The molecular weight excluding hydrogens is 440 g/mol. The van der Waals surface area contributed by atoms with Gasteiger partial charge in [0.25, 0.3) is 0 Å². The zero-order valence-corrected chi connectivity index (χ0v) is 20.6. The summed E-state index contributed by atoms with van der Waals surface area (Å²) >= 11 is 1.77. The molecule has 0 atom stereocenters.